The van der Waals surface area contributed by atoms with E-state index in [2.05, 4.69) is 18.0 Å². The second kappa shape index (κ2) is 4.07. The van der Waals surface area contributed by atoms with E-state index >= 15 is 0 Å². The van der Waals surface area contributed by atoms with Crippen molar-refractivity contribution in [2.75, 3.05) is 11.6 Å². The normalized spacial score (nSPS) is 9.92. The van der Waals surface area contributed by atoms with E-state index in [1.165, 1.54) is 5.56 Å². The third-order valence-corrected chi connectivity index (χ3v) is 1.85. The zero-order valence-electron chi connectivity index (χ0n) is 7.62. The highest BCUT2D eigenvalue weighted by Crippen LogP contribution is 2.07. The Labute approximate surface area is 73.2 Å². The maximum absolute atomic E-state index is 5.66. The molecule has 0 aliphatic rings. The third kappa shape index (κ3) is 1.95. The van der Waals surface area contributed by atoms with Gasteiger partial charge in [0.25, 0.3) is 0 Å². The van der Waals surface area contributed by atoms with Gasteiger partial charge in [0.1, 0.15) is 5.82 Å². The molecule has 0 saturated heterocycles. The first-order chi connectivity index (χ1) is 5.77. The average Bonchev–Trinajstić information content (AvgIpc) is 2.17. The molecule has 3 nitrogen and oxygen atoms in total. The molecule has 0 radical (unpaired) electrons. The number of hydrazine groups is 1. The summed E-state index contributed by atoms with van der Waals surface area (Å²) in [7, 11) is 0. The topological polar surface area (TPSA) is 42.1 Å². The fourth-order valence-corrected chi connectivity index (χ4v) is 0.958. The number of pyridine rings is 1. The number of aromatic nitrogens is 1. The van der Waals surface area contributed by atoms with Crippen LogP contribution in [-0.4, -0.2) is 11.5 Å². The molecule has 1 aromatic rings. The zero-order valence-corrected chi connectivity index (χ0v) is 7.62. The van der Waals surface area contributed by atoms with Crippen molar-refractivity contribution in [1.82, 2.24) is 4.98 Å². The Morgan fingerprint density at radius 3 is 2.58 bits per heavy atom. The number of hydrogen-bond acceptors (Lipinski definition) is 3. The van der Waals surface area contributed by atoms with Crippen molar-refractivity contribution in [3.8, 4) is 0 Å². The van der Waals surface area contributed by atoms with Gasteiger partial charge in [0.05, 0.1) is 0 Å². The smallest absolute Gasteiger partial charge is 0.142 e. The molecule has 2 N–H and O–H groups in total. The lowest BCUT2D eigenvalue weighted by molar-refractivity contribution is 0.865. The number of rotatable bonds is 3. The molecule has 3 heteroatoms. The van der Waals surface area contributed by atoms with Crippen LogP contribution in [0.3, 0.4) is 0 Å². The SMILES string of the molecule is CCc1ccc(N(N)CC)nc1. The maximum atomic E-state index is 5.66. The molecule has 1 aromatic heterocycles. The monoisotopic (exact) mass is 165 g/mol. The fourth-order valence-electron chi connectivity index (χ4n) is 0.958. The summed E-state index contributed by atoms with van der Waals surface area (Å²) in [5.74, 6) is 6.49. The molecule has 1 rings (SSSR count). The Hall–Kier alpha value is -1.09. The first kappa shape index (κ1) is 9.00. The largest absolute Gasteiger partial charge is 0.295 e. The Morgan fingerprint density at radius 2 is 2.17 bits per heavy atom. The summed E-state index contributed by atoms with van der Waals surface area (Å²) in [6.07, 6.45) is 2.88. The van der Waals surface area contributed by atoms with E-state index in [0.29, 0.717) is 0 Å². The molecule has 0 aliphatic carbocycles. The molecule has 12 heavy (non-hydrogen) atoms. The lowest BCUT2D eigenvalue weighted by Crippen LogP contribution is -2.30. The molecule has 0 atom stereocenters. The highest BCUT2D eigenvalue weighted by Gasteiger charge is 1.98. The summed E-state index contributed by atoms with van der Waals surface area (Å²) in [6.45, 7) is 4.88. The Kier molecular flexibility index (Phi) is 3.05. The van der Waals surface area contributed by atoms with Gasteiger partial charge >= 0.3 is 0 Å². The van der Waals surface area contributed by atoms with Crippen LogP contribution in [0.4, 0.5) is 5.82 Å². The quantitative estimate of drug-likeness (QED) is 0.543. The summed E-state index contributed by atoms with van der Waals surface area (Å²) >= 11 is 0. The van der Waals surface area contributed by atoms with E-state index in [1.54, 1.807) is 5.01 Å². The average molecular weight is 165 g/mol. The maximum Gasteiger partial charge on any atom is 0.142 e. The minimum absolute atomic E-state index is 0.776. The van der Waals surface area contributed by atoms with E-state index in [1.807, 2.05) is 19.2 Å². The summed E-state index contributed by atoms with van der Waals surface area (Å²) < 4.78 is 0. The van der Waals surface area contributed by atoms with Crippen molar-refractivity contribution in [1.29, 1.82) is 0 Å². The van der Waals surface area contributed by atoms with E-state index in [9.17, 15) is 0 Å². The van der Waals surface area contributed by atoms with Crippen molar-refractivity contribution in [3.05, 3.63) is 23.9 Å². The first-order valence-corrected chi connectivity index (χ1v) is 4.25. The van der Waals surface area contributed by atoms with Crippen LogP contribution in [0.2, 0.25) is 0 Å². The second-order valence-corrected chi connectivity index (χ2v) is 2.66. The molecule has 0 fully saturated rings. The van der Waals surface area contributed by atoms with Crippen LogP contribution in [0, 0.1) is 0 Å². The van der Waals surface area contributed by atoms with Gasteiger partial charge in [-0.1, -0.05) is 13.0 Å². The van der Waals surface area contributed by atoms with E-state index < -0.39 is 0 Å². The number of nitrogens with two attached hydrogens (primary N) is 1. The Morgan fingerprint density at radius 1 is 1.42 bits per heavy atom. The van der Waals surface area contributed by atoms with Gasteiger partial charge in [-0.2, -0.15) is 0 Å². The van der Waals surface area contributed by atoms with E-state index in [4.69, 9.17) is 5.84 Å². The van der Waals surface area contributed by atoms with Crippen LogP contribution in [0.25, 0.3) is 0 Å². The van der Waals surface area contributed by atoms with Crippen molar-refractivity contribution in [2.45, 2.75) is 20.3 Å². The second-order valence-electron chi connectivity index (χ2n) is 2.66. The number of anilines is 1. The van der Waals surface area contributed by atoms with E-state index in [0.717, 1.165) is 18.8 Å². The Balaban J connectivity index is 2.77. The van der Waals surface area contributed by atoms with Crippen molar-refractivity contribution in [2.24, 2.45) is 5.84 Å². The molecule has 0 amide bonds. The molecule has 0 saturated carbocycles. The van der Waals surface area contributed by atoms with Gasteiger partial charge < -0.3 is 0 Å². The van der Waals surface area contributed by atoms with Gasteiger partial charge in [-0.05, 0) is 25.0 Å². The summed E-state index contributed by atoms with van der Waals surface area (Å²) in [6, 6.07) is 4.00. The minimum Gasteiger partial charge on any atom is -0.295 e. The van der Waals surface area contributed by atoms with Crippen LogP contribution in [-0.2, 0) is 6.42 Å². The van der Waals surface area contributed by atoms with Gasteiger partial charge in [0.2, 0.25) is 0 Å². The molecule has 0 bridgehead atoms. The van der Waals surface area contributed by atoms with Gasteiger partial charge in [0, 0.05) is 12.7 Å². The lowest BCUT2D eigenvalue weighted by Gasteiger charge is -2.14. The van der Waals surface area contributed by atoms with Gasteiger partial charge in [-0.15, -0.1) is 0 Å². The van der Waals surface area contributed by atoms with Gasteiger partial charge in [-0.3, -0.25) is 5.01 Å². The van der Waals surface area contributed by atoms with E-state index in [-0.39, 0.29) is 0 Å². The molecule has 0 unspecified atom stereocenters. The molecule has 1 heterocycles. The van der Waals surface area contributed by atoms with Crippen molar-refractivity contribution < 1.29 is 0 Å². The number of aryl methyl sites for hydroxylation is 1. The van der Waals surface area contributed by atoms with Crippen molar-refractivity contribution >= 4 is 5.82 Å². The van der Waals surface area contributed by atoms with Gasteiger partial charge in [0.15, 0.2) is 0 Å². The van der Waals surface area contributed by atoms with Crippen LogP contribution < -0.4 is 10.9 Å². The minimum atomic E-state index is 0.776. The molecule has 0 spiro atoms. The number of nitrogens with zero attached hydrogens (tertiary/aromatic N) is 2. The molecule has 0 aromatic carbocycles. The molecule has 0 aliphatic heterocycles. The summed E-state index contributed by atoms with van der Waals surface area (Å²) in [5.41, 5.74) is 1.24. The highest BCUT2D eigenvalue weighted by molar-refractivity contribution is 5.36. The molecule has 66 valence electrons. The number of hydrogen-bond donors (Lipinski definition) is 1. The predicted octanol–water partition coefficient (Wildman–Crippen LogP) is 1.34. The van der Waals surface area contributed by atoms with Crippen LogP contribution in [0.1, 0.15) is 19.4 Å². The standard InChI is InChI=1S/C9H15N3/c1-3-8-5-6-9(11-7-8)12(10)4-2/h5-7H,3-4,10H2,1-2H3. The third-order valence-electron chi connectivity index (χ3n) is 1.85. The summed E-state index contributed by atoms with van der Waals surface area (Å²) in [4.78, 5) is 4.22. The lowest BCUT2D eigenvalue weighted by atomic mass is 10.2. The summed E-state index contributed by atoms with van der Waals surface area (Å²) in [5, 5.41) is 1.62. The fraction of sp³-hybridized carbons (Fsp3) is 0.444. The van der Waals surface area contributed by atoms with Crippen molar-refractivity contribution in [3.63, 3.8) is 0 Å². The Bertz CT molecular complexity index is 230. The highest BCUT2D eigenvalue weighted by atomic mass is 15.4. The van der Waals surface area contributed by atoms with Gasteiger partial charge in [-0.25, -0.2) is 10.8 Å². The first-order valence-electron chi connectivity index (χ1n) is 4.25. The molecular weight excluding hydrogens is 150 g/mol. The van der Waals surface area contributed by atoms with Crippen LogP contribution in [0.15, 0.2) is 18.3 Å². The van der Waals surface area contributed by atoms with Crippen LogP contribution >= 0.6 is 0 Å². The predicted molar refractivity (Wildman–Crippen MR) is 50.8 cm³/mol. The van der Waals surface area contributed by atoms with Crippen LogP contribution in [0.5, 0.6) is 0 Å². The molecular formula is C9H15N3. The zero-order chi connectivity index (χ0) is 8.97.